The highest BCUT2D eigenvalue weighted by Crippen LogP contribution is 2.38. The Morgan fingerprint density at radius 1 is 0.889 bits per heavy atom. The Morgan fingerprint density at radius 3 is 2.19 bits per heavy atom. The predicted octanol–water partition coefficient (Wildman–Crippen LogP) is 6.92. The van der Waals surface area contributed by atoms with Crippen LogP contribution in [-0.2, 0) is 16.0 Å². The predicted molar refractivity (Wildman–Crippen MR) is 145 cm³/mol. The van der Waals surface area contributed by atoms with Crippen molar-refractivity contribution in [2.45, 2.75) is 44.1 Å². The first kappa shape index (κ1) is 22.6. The molecule has 5 heteroatoms. The van der Waals surface area contributed by atoms with Crippen molar-refractivity contribution in [1.82, 2.24) is 9.97 Å². The first-order valence-corrected chi connectivity index (χ1v) is 12.9. The Bertz CT molecular complexity index is 1420. The van der Waals surface area contributed by atoms with E-state index in [1.54, 1.807) is 0 Å². The minimum Gasteiger partial charge on any atom is -0.378 e. The Hall–Kier alpha value is -3.83. The average molecular weight is 478 g/mol. The number of H-pyrrole nitrogens is 2. The summed E-state index contributed by atoms with van der Waals surface area (Å²) in [6, 6.07) is 25.1. The Labute approximate surface area is 210 Å². The summed E-state index contributed by atoms with van der Waals surface area (Å²) in [6.07, 6.45) is 8.68. The minimum atomic E-state index is 0.0497. The third-order valence-corrected chi connectivity index (χ3v) is 7.43. The summed E-state index contributed by atoms with van der Waals surface area (Å²) in [7, 11) is 0. The molecule has 3 heterocycles. The molecule has 1 aliphatic rings. The van der Waals surface area contributed by atoms with E-state index in [1.807, 2.05) is 12.1 Å². The SMILES string of the molecule is O=C(CCC1CCCO1)Nc1ccccc1CC(c1c[nH]c2ccccc12)c1c[nH]c2ccccc12. The van der Waals surface area contributed by atoms with Crippen LogP contribution in [0.1, 0.15) is 48.3 Å². The van der Waals surface area contributed by atoms with Gasteiger partial charge in [-0.3, -0.25) is 4.79 Å². The van der Waals surface area contributed by atoms with Crippen LogP contribution in [0.25, 0.3) is 21.8 Å². The molecule has 0 radical (unpaired) electrons. The van der Waals surface area contributed by atoms with Crippen LogP contribution in [0, 0.1) is 0 Å². The molecule has 3 aromatic carbocycles. The van der Waals surface area contributed by atoms with Crippen LogP contribution >= 0.6 is 0 Å². The van der Waals surface area contributed by atoms with Crippen molar-refractivity contribution >= 4 is 33.4 Å². The number of carbonyl (C=O) groups excluding carboxylic acids is 1. The number of amides is 1. The van der Waals surface area contributed by atoms with Gasteiger partial charge in [0.15, 0.2) is 0 Å². The number of hydrogen-bond acceptors (Lipinski definition) is 2. The Balaban J connectivity index is 1.33. The van der Waals surface area contributed by atoms with Gasteiger partial charge in [-0.25, -0.2) is 0 Å². The number of rotatable bonds is 8. The van der Waals surface area contributed by atoms with Gasteiger partial charge in [-0.1, -0.05) is 54.6 Å². The van der Waals surface area contributed by atoms with Crippen molar-refractivity contribution in [2.75, 3.05) is 11.9 Å². The van der Waals surface area contributed by atoms with Crippen LogP contribution in [0.5, 0.6) is 0 Å². The lowest BCUT2D eigenvalue weighted by Gasteiger charge is -2.19. The van der Waals surface area contributed by atoms with E-state index in [2.05, 4.69) is 88.3 Å². The molecule has 1 atom stereocenters. The van der Waals surface area contributed by atoms with Gasteiger partial charge < -0.3 is 20.0 Å². The van der Waals surface area contributed by atoms with Crippen LogP contribution < -0.4 is 5.32 Å². The van der Waals surface area contributed by atoms with Crippen LogP contribution in [0.2, 0.25) is 0 Å². The van der Waals surface area contributed by atoms with Crippen LogP contribution in [-0.4, -0.2) is 28.6 Å². The van der Waals surface area contributed by atoms with Crippen molar-refractivity contribution < 1.29 is 9.53 Å². The van der Waals surface area contributed by atoms with E-state index in [9.17, 15) is 4.79 Å². The second-order valence-corrected chi connectivity index (χ2v) is 9.71. The van der Waals surface area contributed by atoms with E-state index in [-0.39, 0.29) is 17.9 Å². The lowest BCUT2D eigenvalue weighted by molar-refractivity contribution is -0.116. The third kappa shape index (κ3) is 4.54. The fourth-order valence-corrected chi connectivity index (χ4v) is 5.57. The van der Waals surface area contributed by atoms with Gasteiger partial charge in [-0.05, 0) is 60.6 Å². The molecule has 1 amide bonds. The summed E-state index contributed by atoms with van der Waals surface area (Å²) in [4.78, 5) is 19.8. The quantitative estimate of drug-likeness (QED) is 0.227. The highest BCUT2D eigenvalue weighted by Gasteiger charge is 2.23. The van der Waals surface area contributed by atoms with Crippen LogP contribution in [0.3, 0.4) is 0 Å². The summed E-state index contributed by atoms with van der Waals surface area (Å²) in [5, 5.41) is 5.65. The number of fused-ring (bicyclic) bond motifs is 2. The Morgan fingerprint density at radius 2 is 1.53 bits per heavy atom. The molecule has 36 heavy (non-hydrogen) atoms. The number of carbonyl (C=O) groups is 1. The van der Waals surface area contributed by atoms with Crippen molar-refractivity contribution in [3.8, 4) is 0 Å². The molecule has 182 valence electrons. The van der Waals surface area contributed by atoms with Crippen LogP contribution in [0.15, 0.2) is 85.2 Å². The van der Waals surface area contributed by atoms with Crippen molar-refractivity contribution in [2.24, 2.45) is 0 Å². The summed E-state index contributed by atoms with van der Waals surface area (Å²) >= 11 is 0. The van der Waals surface area contributed by atoms with Crippen molar-refractivity contribution in [3.05, 3.63) is 102 Å². The lowest BCUT2D eigenvalue weighted by Crippen LogP contribution is -2.16. The summed E-state index contributed by atoms with van der Waals surface area (Å²) < 4.78 is 5.70. The Kier molecular flexibility index (Phi) is 6.31. The van der Waals surface area contributed by atoms with Gasteiger partial charge >= 0.3 is 0 Å². The molecule has 6 rings (SSSR count). The summed E-state index contributed by atoms with van der Waals surface area (Å²) in [6.45, 7) is 0.818. The zero-order valence-electron chi connectivity index (χ0n) is 20.3. The molecular weight excluding hydrogens is 446 g/mol. The molecule has 1 saturated heterocycles. The largest absolute Gasteiger partial charge is 0.378 e. The zero-order chi connectivity index (χ0) is 24.3. The number of benzene rings is 3. The smallest absolute Gasteiger partial charge is 0.224 e. The second-order valence-electron chi connectivity index (χ2n) is 9.71. The molecule has 3 N–H and O–H groups in total. The molecule has 5 aromatic rings. The normalized spacial score (nSPS) is 15.8. The van der Waals surface area contributed by atoms with E-state index in [0.29, 0.717) is 6.42 Å². The number of anilines is 1. The molecule has 1 fully saturated rings. The van der Waals surface area contributed by atoms with E-state index in [0.717, 1.165) is 54.6 Å². The van der Waals surface area contributed by atoms with Gasteiger partial charge in [-0.15, -0.1) is 0 Å². The average Bonchev–Trinajstić information content (AvgIpc) is 3.67. The molecule has 2 aromatic heterocycles. The number of aromatic nitrogens is 2. The molecule has 1 unspecified atom stereocenters. The van der Waals surface area contributed by atoms with Crippen molar-refractivity contribution in [1.29, 1.82) is 0 Å². The third-order valence-electron chi connectivity index (χ3n) is 7.43. The molecule has 0 bridgehead atoms. The number of ether oxygens (including phenoxy) is 1. The van der Waals surface area contributed by atoms with Gasteiger partial charge in [0.05, 0.1) is 6.10 Å². The maximum absolute atomic E-state index is 12.8. The fourth-order valence-electron chi connectivity index (χ4n) is 5.57. The zero-order valence-corrected chi connectivity index (χ0v) is 20.3. The first-order chi connectivity index (χ1) is 17.8. The lowest BCUT2D eigenvalue weighted by atomic mass is 9.85. The highest BCUT2D eigenvalue weighted by atomic mass is 16.5. The molecule has 5 nitrogen and oxygen atoms in total. The number of para-hydroxylation sites is 3. The standard InChI is InChI=1S/C31H31N3O2/c35-31(16-15-22-9-7-17-36-22)34-28-12-4-1-8-21(28)18-25(26-19-32-29-13-5-2-10-23(26)29)27-20-33-30-14-6-3-11-24(27)30/h1-6,8,10-14,19-20,22,25,32-33H,7,9,15-18H2,(H,34,35). The topological polar surface area (TPSA) is 69.9 Å². The number of hydrogen-bond donors (Lipinski definition) is 3. The maximum atomic E-state index is 12.8. The van der Waals surface area contributed by atoms with Crippen molar-refractivity contribution in [3.63, 3.8) is 0 Å². The van der Waals surface area contributed by atoms with E-state index < -0.39 is 0 Å². The van der Waals surface area contributed by atoms with E-state index >= 15 is 0 Å². The van der Waals surface area contributed by atoms with Gasteiger partial charge in [0.2, 0.25) is 5.91 Å². The van der Waals surface area contributed by atoms with E-state index in [4.69, 9.17) is 4.74 Å². The molecule has 0 spiro atoms. The van der Waals surface area contributed by atoms with Gasteiger partial charge in [0.1, 0.15) is 0 Å². The van der Waals surface area contributed by atoms with Crippen LogP contribution in [0.4, 0.5) is 5.69 Å². The molecule has 0 aliphatic carbocycles. The molecular formula is C31H31N3O2. The minimum absolute atomic E-state index is 0.0497. The first-order valence-electron chi connectivity index (χ1n) is 12.9. The fraction of sp³-hybridized carbons (Fsp3) is 0.258. The monoisotopic (exact) mass is 477 g/mol. The number of nitrogens with one attached hydrogen (secondary N) is 3. The molecule has 0 saturated carbocycles. The van der Waals surface area contributed by atoms with Gasteiger partial charge in [0.25, 0.3) is 0 Å². The summed E-state index contributed by atoms with van der Waals surface area (Å²) in [5.41, 5.74) is 6.80. The maximum Gasteiger partial charge on any atom is 0.224 e. The van der Waals surface area contributed by atoms with E-state index in [1.165, 1.54) is 21.9 Å². The highest BCUT2D eigenvalue weighted by molar-refractivity contribution is 5.92. The summed E-state index contributed by atoms with van der Waals surface area (Å²) in [5.74, 6) is 0.163. The second kappa shape index (κ2) is 10.0. The van der Waals surface area contributed by atoms with Gasteiger partial charge in [-0.2, -0.15) is 0 Å². The molecule has 1 aliphatic heterocycles. The van der Waals surface area contributed by atoms with Gasteiger partial charge in [0, 0.05) is 58.8 Å². The number of aromatic amines is 2.